The summed E-state index contributed by atoms with van der Waals surface area (Å²) in [6.07, 6.45) is 10.8. The molecule has 2 fully saturated rings. The van der Waals surface area contributed by atoms with Crippen molar-refractivity contribution >= 4 is 17.3 Å². The van der Waals surface area contributed by atoms with Gasteiger partial charge in [-0.25, -0.2) is 4.39 Å². The van der Waals surface area contributed by atoms with Crippen LogP contribution >= 0.6 is 11.6 Å². The summed E-state index contributed by atoms with van der Waals surface area (Å²) in [6.45, 7) is 0. The van der Waals surface area contributed by atoms with Crippen LogP contribution in [0.3, 0.4) is 0 Å². The monoisotopic (exact) mass is 281 g/mol. The van der Waals surface area contributed by atoms with Gasteiger partial charge in [0, 0.05) is 11.7 Å². The highest BCUT2D eigenvalue weighted by Crippen LogP contribution is 2.49. The molecule has 2 saturated carbocycles. The zero-order valence-corrected chi connectivity index (χ0v) is 12.0. The molecule has 0 unspecified atom stereocenters. The van der Waals surface area contributed by atoms with Gasteiger partial charge in [-0.3, -0.25) is 0 Å². The van der Waals surface area contributed by atoms with Crippen LogP contribution in [0.2, 0.25) is 5.02 Å². The third-order valence-electron chi connectivity index (χ3n) is 5.00. The molecule has 0 bridgehead atoms. The molecule has 0 atom stereocenters. The lowest BCUT2D eigenvalue weighted by atomic mass is 9.71. The first kappa shape index (κ1) is 13.2. The first-order valence-electron chi connectivity index (χ1n) is 7.39. The van der Waals surface area contributed by atoms with Gasteiger partial charge in [0.1, 0.15) is 5.82 Å². The first-order valence-corrected chi connectivity index (χ1v) is 7.76. The molecule has 2 aliphatic carbocycles. The minimum absolute atomic E-state index is 0.194. The van der Waals surface area contributed by atoms with E-state index in [1.807, 2.05) is 6.07 Å². The lowest BCUT2D eigenvalue weighted by Gasteiger charge is -2.37. The Labute approximate surface area is 119 Å². The van der Waals surface area contributed by atoms with Gasteiger partial charge in [0.2, 0.25) is 0 Å². The van der Waals surface area contributed by atoms with Crippen molar-refractivity contribution in [3.05, 3.63) is 29.0 Å². The number of hydrogen-bond acceptors (Lipinski definition) is 1. The van der Waals surface area contributed by atoms with Crippen LogP contribution in [0.4, 0.5) is 10.1 Å². The molecule has 2 aliphatic rings. The average Bonchev–Trinajstić information content (AvgIpc) is 2.86. The van der Waals surface area contributed by atoms with Crippen LogP contribution in [0.25, 0.3) is 0 Å². The molecular weight excluding hydrogens is 261 g/mol. The zero-order chi connectivity index (χ0) is 13.3. The fourth-order valence-electron chi connectivity index (χ4n) is 3.82. The van der Waals surface area contributed by atoms with Crippen molar-refractivity contribution in [3.8, 4) is 0 Å². The second kappa shape index (κ2) is 5.32. The fraction of sp³-hybridized carbons (Fsp3) is 0.625. The number of benzene rings is 1. The summed E-state index contributed by atoms with van der Waals surface area (Å²) in [4.78, 5) is 0. The standard InChI is InChI=1S/C16H21ClFN/c17-14-4-3-13(11-15(14)18)19-12-5-9-16(10-6-12)7-1-2-8-16/h3-4,11-12,19H,1-2,5-10H2. The van der Waals surface area contributed by atoms with Crippen molar-refractivity contribution < 1.29 is 4.39 Å². The molecule has 0 amide bonds. The molecule has 0 saturated heterocycles. The van der Waals surface area contributed by atoms with E-state index in [-0.39, 0.29) is 10.8 Å². The number of anilines is 1. The van der Waals surface area contributed by atoms with Crippen LogP contribution in [-0.2, 0) is 0 Å². The van der Waals surface area contributed by atoms with Crippen molar-refractivity contribution in [2.75, 3.05) is 5.32 Å². The second-order valence-corrected chi connectivity index (χ2v) is 6.66. The SMILES string of the molecule is Fc1cc(NC2CCC3(CCCC3)CC2)ccc1Cl. The number of halogens is 2. The molecule has 1 N–H and O–H groups in total. The molecular formula is C16H21ClFN. The number of hydrogen-bond donors (Lipinski definition) is 1. The average molecular weight is 282 g/mol. The van der Waals surface area contributed by atoms with Crippen molar-refractivity contribution in [2.24, 2.45) is 5.41 Å². The summed E-state index contributed by atoms with van der Waals surface area (Å²) in [7, 11) is 0. The number of rotatable bonds is 2. The summed E-state index contributed by atoms with van der Waals surface area (Å²) in [5.74, 6) is -0.338. The van der Waals surface area contributed by atoms with Crippen LogP contribution in [-0.4, -0.2) is 6.04 Å². The van der Waals surface area contributed by atoms with E-state index in [2.05, 4.69) is 5.32 Å². The molecule has 1 spiro atoms. The quantitative estimate of drug-likeness (QED) is 0.766. The minimum atomic E-state index is -0.338. The zero-order valence-electron chi connectivity index (χ0n) is 11.2. The highest BCUT2D eigenvalue weighted by atomic mass is 35.5. The fourth-order valence-corrected chi connectivity index (χ4v) is 3.94. The Hall–Kier alpha value is -0.760. The van der Waals surface area contributed by atoms with Gasteiger partial charge in [0.15, 0.2) is 0 Å². The Morgan fingerprint density at radius 2 is 1.79 bits per heavy atom. The first-order chi connectivity index (χ1) is 9.17. The third kappa shape index (κ3) is 2.89. The molecule has 3 heteroatoms. The minimum Gasteiger partial charge on any atom is -0.382 e. The Balaban J connectivity index is 1.58. The summed E-state index contributed by atoms with van der Waals surface area (Å²) in [5, 5.41) is 3.65. The summed E-state index contributed by atoms with van der Waals surface area (Å²) in [5.41, 5.74) is 1.51. The van der Waals surface area contributed by atoms with Crippen molar-refractivity contribution in [1.29, 1.82) is 0 Å². The van der Waals surface area contributed by atoms with Crippen molar-refractivity contribution in [1.82, 2.24) is 0 Å². The van der Waals surface area contributed by atoms with Gasteiger partial charge in [-0.1, -0.05) is 24.4 Å². The highest BCUT2D eigenvalue weighted by Gasteiger charge is 2.37. The van der Waals surface area contributed by atoms with Crippen LogP contribution in [0.1, 0.15) is 51.4 Å². The van der Waals surface area contributed by atoms with Crippen LogP contribution in [0.5, 0.6) is 0 Å². The Morgan fingerprint density at radius 3 is 2.42 bits per heavy atom. The van der Waals surface area contributed by atoms with E-state index in [0.717, 1.165) is 5.69 Å². The van der Waals surface area contributed by atoms with Crippen molar-refractivity contribution in [3.63, 3.8) is 0 Å². The molecule has 1 nitrogen and oxygen atoms in total. The topological polar surface area (TPSA) is 12.0 Å². The predicted octanol–water partition coefficient (Wildman–Crippen LogP) is 5.39. The maximum Gasteiger partial charge on any atom is 0.143 e. The summed E-state index contributed by atoms with van der Waals surface area (Å²) >= 11 is 5.70. The Morgan fingerprint density at radius 1 is 1.11 bits per heavy atom. The van der Waals surface area contributed by atoms with Crippen LogP contribution < -0.4 is 5.32 Å². The molecule has 0 aromatic heterocycles. The molecule has 1 aromatic rings. The van der Waals surface area contributed by atoms with E-state index in [4.69, 9.17) is 11.6 Å². The Bertz CT molecular complexity index is 444. The molecule has 19 heavy (non-hydrogen) atoms. The van der Waals surface area contributed by atoms with Gasteiger partial charge in [-0.05, 0) is 62.1 Å². The van der Waals surface area contributed by atoms with E-state index in [0.29, 0.717) is 11.5 Å². The van der Waals surface area contributed by atoms with E-state index in [9.17, 15) is 4.39 Å². The van der Waals surface area contributed by atoms with Gasteiger partial charge in [-0.2, -0.15) is 0 Å². The highest BCUT2D eigenvalue weighted by molar-refractivity contribution is 6.30. The van der Waals surface area contributed by atoms with E-state index in [1.165, 1.54) is 57.4 Å². The Kier molecular flexibility index (Phi) is 3.70. The molecule has 0 aliphatic heterocycles. The lowest BCUT2D eigenvalue weighted by molar-refractivity contribution is 0.188. The summed E-state index contributed by atoms with van der Waals surface area (Å²) < 4.78 is 13.4. The smallest absolute Gasteiger partial charge is 0.143 e. The van der Waals surface area contributed by atoms with Gasteiger partial charge < -0.3 is 5.32 Å². The maximum atomic E-state index is 13.4. The van der Waals surface area contributed by atoms with Gasteiger partial charge >= 0.3 is 0 Å². The lowest BCUT2D eigenvalue weighted by Crippen LogP contribution is -2.31. The molecule has 104 valence electrons. The molecule has 0 heterocycles. The summed E-state index contributed by atoms with van der Waals surface area (Å²) in [6, 6.07) is 5.49. The predicted molar refractivity (Wildman–Crippen MR) is 78.2 cm³/mol. The van der Waals surface area contributed by atoms with E-state index >= 15 is 0 Å². The second-order valence-electron chi connectivity index (χ2n) is 6.25. The van der Waals surface area contributed by atoms with Gasteiger partial charge in [0.05, 0.1) is 5.02 Å². The van der Waals surface area contributed by atoms with E-state index in [1.54, 1.807) is 6.07 Å². The van der Waals surface area contributed by atoms with Crippen LogP contribution in [0.15, 0.2) is 18.2 Å². The third-order valence-corrected chi connectivity index (χ3v) is 5.31. The normalized spacial score (nSPS) is 22.8. The van der Waals surface area contributed by atoms with Crippen LogP contribution in [0, 0.1) is 11.2 Å². The maximum absolute atomic E-state index is 13.4. The molecule has 0 radical (unpaired) electrons. The largest absolute Gasteiger partial charge is 0.382 e. The molecule has 1 aromatic carbocycles. The van der Waals surface area contributed by atoms with Gasteiger partial charge in [0.25, 0.3) is 0 Å². The number of nitrogens with one attached hydrogen (secondary N) is 1. The molecule has 3 rings (SSSR count). The van der Waals surface area contributed by atoms with E-state index < -0.39 is 0 Å². The van der Waals surface area contributed by atoms with Gasteiger partial charge in [-0.15, -0.1) is 0 Å². The van der Waals surface area contributed by atoms with Crippen molar-refractivity contribution in [2.45, 2.75) is 57.4 Å².